The predicted octanol–water partition coefficient (Wildman–Crippen LogP) is 3.98. The van der Waals surface area contributed by atoms with Gasteiger partial charge in [0, 0.05) is 13.6 Å². The first-order valence-corrected chi connectivity index (χ1v) is 13.7. The van der Waals surface area contributed by atoms with E-state index in [0.717, 1.165) is 21.0 Å². The summed E-state index contributed by atoms with van der Waals surface area (Å²) in [5, 5.41) is 2.58. The molecule has 3 aromatic carbocycles. The molecule has 0 fully saturated rings. The Morgan fingerprint density at radius 1 is 0.947 bits per heavy atom. The lowest BCUT2D eigenvalue weighted by Gasteiger charge is -2.32. The summed E-state index contributed by atoms with van der Waals surface area (Å²) >= 11 is 0. The maximum atomic E-state index is 13.9. The van der Waals surface area contributed by atoms with Crippen LogP contribution in [0.2, 0.25) is 0 Å². The molecule has 38 heavy (non-hydrogen) atoms. The molecule has 0 aromatic heterocycles. The molecule has 8 nitrogen and oxygen atoms in total. The van der Waals surface area contributed by atoms with Crippen LogP contribution in [0.25, 0.3) is 0 Å². The minimum atomic E-state index is -4.11. The number of carbonyl (C=O) groups excluding carboxylic acids is 2. The molecule has 0 spiro atoms. The molecule has 1 unspecified atom stereocenters. The monoisotopic (exact) mass is 537 g/mol. The highest BCUT2D eigenvalue weighted by atomic mass is 32.2. The SMILES string of the molecule is CNC(=O)C(C)N(Cc1cccc(OC)c1)C(=O)CN(c1cc(C)ccc1C)S(=O)(=O)c1ccc(C)cc1. The summed E-state index contributed by atoms with van der Waals surface area (Å²) in [5.74, 6) is -0.261. The Balaban J connectivity index is 2.08. The van der Waals surface area contributed by atoms with Crippen LogP contribution in [0.3, 0.4) is 0 Å². The van der Waals surface area contributed by atoms with Gasteiger partial charge < -0.3 is 15.0 Å². The first kappa shape index (κ1) is 28.7. The van der Waals surface area contributed by atoms with Crippen molar-refractivity contribution >= 4 is 27.5 Å². The first-order valence-electron chi connectivity index (χ1n) is 12.3. The van der Waals surface area contributed by atoms with Gasteiger partial charge in [0.2, 0.25) is 11.8 Å². The van der Waals surface area contributed by atoms with Crippen molar-refractivity contribution in [2.45, 2.75) is 45.2 Å². The van der Waals surface area contributed by atoms with Crippen LogP contribution in [-0.4, -0.2) is 51.9 Å². The van der Waals surface area contributed by atoms with E-state index in [9.17, 15) is 18.0 Å². The largest absolute Gasteiger partial charge is 0.497 e. The van der Waals surface area contributed by atoms with Crippen LogP contribution in [0.1, 0.15) is 29.2 Å². The summed E-state index contributed by atoms with van der Waals surface area (Å²) in [5.41, 5.74) is 3.63. The van der Waals surface area contributed by atoms with Crippen LogP contribution in [0.4, 0.5) is 5.69 Å². The third-order valence-corrected chi connectivity index (χ3v) is 8.20. The smallest absolute Gasteiger partial charge is 0.264 e. The quantitative estimate of drug-likeness (QED) is 0.422. The van der Waals surface area contributed by atoms with Gasteiger partial charge in [0.25, 0.3) is 10.0 Å². The fraction of sp³-hybridized carbons (Fsp3) is 0.310. The highest BCUT2D eigenvalue weighted by molar-refractivity contribution is 7.92. The van der Waals surface area contributed by atoms with E-state index in [0.29, 0.717) is 17.0 Å². The fourth-order valence-corrected chi connectivity index (χ4v) is 5.57. The zero-order valence-electron chi connectivity index (χ0n) is 22.7. The van der Waals surface area contributed by atoms with Gasteiger partial charge in [-0.25, -0.2) is 8.42 Å². The molecule has 3 rings (SSSR count). The number of methoxy groups -OCH3 is 1. The van der Waals surface area contributed by atoms with E-state index in [1.54, 1.807) is 57.4 Å². The number of amides is 2. The minimum Gasteiger partial charge on any atom is -0.497 e. The molecule has 0 aliphatic rings. The Morgan fingerprint density at radius 2 is 1.61 bits per heavy atom. The van der Waals surface area contributed by atoms with Crippen LogP contribution in [0, 0.1) is 20.8 Å². The Hall–Kier alpha value is -3.85. The first-order chi connectivity index (χ1) is 18.0. The number of sulfonamides is 1. The van der Waals surface area contributed by atoms with Gasteiger partial charge in [-0.2, -0.15) is 0 Å². The topological polar surface area (TPSA) is 96.0 Å². The number of anilines is 1. The molecule has 1 N–H and O–H groups in total. The van der Waals surface area contributed by atoms with E-state index in [1.165, 1.54) is 24.1 Å². The average molecular weight is 538 g/mol. The van der Waals surface area contributed by atoms with Crippen molar-refractivity contribution in [1.82, 2.24) is 10.2 Å². The van der Waals surface area contributed by atoms with Gasteiger partial charge in [-0.1, -0.05) is 42.0 Å². The molecule has 0 bridgehead atoms. The second-order valence-electron chi connectivity index (χ2n) is 9.28. The Morgan fingerprint density at radius 3 is 2.24 bits per heavy atom. The van der Waals surface area contributed by atoms with Crippen molar-refractivity contribution in [3.8, 4) is 5.75 Å². The van der Waals surface area contributed by atoms with Crippen molar-refractivity contribution in [1.29, 1.82) is 0 Å². The van der Waals surface area contributed by atoms with E-state index in [4.69, 9.17) is 4.74 Å². The summed E-state index contributed by atoms with van der Waals surface area (Å²) in [4.78, 5) is 28.0. The number of hydrogen-bond acceptors (Lipinski definition) is 5. The van der Waals surface area contributed by atoms with E-state index < -0.39 is 28.5 Å². The van der Waals surface area contributed by atoms with Crippen LogP contribution in [0.15, 0.2) is 71.6 Å². The molecule has 0 radical (unpaired) electrons. The van der Waals surface area contributed by atoms with Crippen LogP contribution >= 0.6 is 0 Å². The Bertz CT molecular complexity index is 1400. The van der Waals surface area contributed by atoms with E-state index in [-0.39, 0.29) is 17.3 Å². The molecule has 9 heteroatoms. The number of carbonyl (C=O) groups is 2. The number of nitrogens with zero attached hydrogens (tertiary/aromatic N) is 2. The molecule has 202 valence electrons. The maximum absolute atomic E-state index is 13.9. The summed E-state index contributed by atoms with van der Waals surface area (Å²) < 4.78 is 34.3. The van der Waals surface area contributed by atoms with Gasteiger partial charge in [0.1, 0.15) is 18.3 Å². The molecule has 0 saturated carbocycles. The Labute approximate surface area is 225 Å². The van der Waals surface area contributed by atoms with Gasteiger partial charge in [-0.3, -0.25) is 13.9 Å². The maximum Gasteiger partial charge on any atom is 0.264 e. The van der Waals surface area contributed by atoms with Crippen LogP contribution in [0.5, 0.6) is 5.75 Å². The average Bonchev–Trinajstić information content (AvgIpc) is 2.91. The van der Waals surface area contributed by atoms with Crippen molar-refractivity contribution in [2.75, 3.05) is 25.0 Å². The number of rotatable bonds is 10. The molecule has 0 heterocycles. The Kier molecular flexibility index (Phi) is 9.17. The second-order valence-corrected chi connectivity index (χ2v) is 11.1. The van der Waals surface area contributed by atoms with Gasteiger partial charge in [-0.05, 0) is 74.7 Å². The van der Waals surface area contributed by atoms with E-state index >= 15 is 0 Å². The zero-order valence-corrected chi connectivity index (χ0v) is 23.5. The molecule has 1 atom stereocenters. The van der Waals surface area contributed by atoms with Gasteiger partial charge in [0.05, 0.1) is 17.7 Å². The predicted molar refractivity (Wildman–Crippen MR) is 149 cm³/mol. The lowest BCUT2D eigenvalue weighted by atomic mass is 10.1. The van der Waals surface area contributed by atoms with Gasteiger partial charge >= 0.3 is 0 Å². The number of likely N-dealkylation sites (N-methyl/N-ethyl adjacent to an activating group) is 1. The van der Waals surface area contributed by atoms with Crippen molar-refractivity contribution in [3.63, 3.8) is 0 Å². The molecular formula is C29H35N3O5S. The molecule has 2 amide bonds. The third kappa shape index (κ3) is 6.52. The lowest BCUT2D eigenvalue weighted by molar-refractivity contribution is -0.139. The normalized spacial score (nSPS) is 11.9. The standard InChI is InChI=1S/C29H35N3O5S/c1-20-11-14-26(15-12-20)38(35,36)32(27-16-21(2)10-13-22(27)3)19-28(33)31(23(4)29(34)30-5)18-24-8-7-9-25(17-24)37-6/h7-17,23H,18-19H2,1-6H3,(H,30,34). The number of aryl methyl sites for hydroxylation is 3. The summed E-state index contributed by atoms with van der Waals surface area (Å²) in [6.45, 7) is 6.77. The molecule has 0 saturated heterocycles. The van der Waals surface area contributed by atoms with Crippen LogP contribution in [-0.2, 0) is 26.2 Å². The molecular weight excluding hydrogens is 502 g/mol. The van der Waals surface area contributed by atoms with Crippen LogP contribution < -0.4 is 14.4 Å². The second kappa shape index (κ2) is 12.1. The number of nitrogens with one attached hydrogen (secondary N) is 1. The summed E-state index contributed by atoms with van der Waals surface area (Å²) in [6, 6.07) is 18.3. The molecule has 3 aromatic rings. The third-order valence-electron chi connectivity index (χ3n) is 6.42. The molecule has 0 aliphatic heterocycles. The lowest BCUT2D eigenvalue weighted by Crippen LogP contribution is -2.50. The number of hydrogen-bond donors (Lipinski definition) is 1. The number of benzene rings is 3. The zero-order chi connectivity index (χ0) is 28.0. The van der Waals surface area contributed by atoms with Gasteiger partial charge in [-0.15, -0.1) is 0 Å². The molecule has 0 aliphatic carbocycles. The minimum absolute atomic E-state index is 0.0792. The highest BCUT2D eigenvalue weighted by Crippen LogP contribution is 2.29. The van der Waals surface area contributed by atoms with Gasteiger partial charge in [0.15, 0.2) is 0 Å². The van der Waals surface area contributed by atoms with Crippen molar-refractivity contribution in [2.24, 2.45) is 0 Å². The van der Waals surface area contributed by atoms with E-state index in [2.05, 4.69) is 5.32 Å². The van der Waals surface area contributed by atoms with Crippen molar-refractivity contribution in [3.05, 3.63) is 89.0 Å². The highest BCUT2D eigenvalue weighted by Gasteiger charge is 2.33. The number of ether oxygens (including phenoxy) is 1. The summed E-state index contributed by atoms with van der Waals surface area (Å²) in [7, 11) is -1.06. The fourth-order valence-electron chi connectivity index (χ4n) is 4.10. The van der Waals surface area contributed by atoms with Crippen molar-refractivity contribution < 1.29 is 22.7 Å². The van der Waals surface area contributed by atoms with E-state index in [1.807, 2.05) is 32.0 Å². The summed E-state index contributed by atoms with van der Waals surface area (Å²) in [6.07, 6.45) is 0.